The fraction of sp³-hybridized carbons (Fsp3) is 0.467. The molecule has 1 fully saturated rings. The lowest BCUT2D eigenvalue weighted by molar-refractivity contribution is -0.0794. The van der Waals surface area contributed by atoms with Crippen molar-refractivity contribution in [2.45, 2.75) is 45.6 Å². The van der Waals surface area contributed by atoms with Crippen LogP contribution in [0.1, 0.15) is 41.6 Å². The lowest BCUT2D eigenvalue weighted by Crippen LogP contribution is -2.44. The summed E-state index contributed by atoms with van der Waals surface area (Å²) in [5, 5.41) is 7.23. The Balaban J connectivity index is 1.94. The number of carbonyl (C=O) groups is 1. The van der Waals surface area contributed by atoms with Crippen LogP contribution in [0.3, 0.4) is 0 Å². The molecule has 122 valence electrons. The second-order valence-corrected chi connectivity index (χ2v) is 5.94. The van der Waals surface area contributed by atoms with Gasteiger partial charge in [-0.2, -0.15) is 10.1 Å². The molecule has 0 spiro atoms. The number of Topliss-reactive ketones (excluding diaryl/α,β-unsaturated/α-hetero) is 1. The van der Waals surface area contributed by atoms with Gasteiger partial charge in [-0.25, -0.2) is 18.4 Å². The first-order valence-corrected chi connectivity index (χ1v) is 7.31. The fourth-order valence-electron chi connectivity index (χ4n) is 2.59. The number of hydrogen-bond acceptors (Lipinski definition) is 5. The molecule has 0 unspecified atom stereocenters. The Morgan fingerprint density at radius 2 is 2.00 bits per heavy atom. The highest BCUT2D eigenvalue weighted by Gasteiger charge is 2.45. The van der Waals surface area contributed by atoms with E-state index in [4.69, 9.17) is 0 Å². The van der Waals surface area contributed by atoms with E-state index in [9.17, 15) is 13.6 Å². The molecule has 6 nitrogen and oxygen atoms in total. The summed E-state index contributed by atoms with van der Waals surface area (Å²) < 4.78 is 27.4. The van der Waals surface area contributed by atoms with Crippen molar-refractivity contribution in [1.29, 1.82) is 0 Å². The Kier molecular flexibility index (Phi) is 3.62. The van der Waals surface area contributed by atoms with Crippen LogP contribution < -0.4 is 5.32 Å². The quantitative estimate of drug-likeness (QED) is 0.877. The number of aryl methyl sites for hydroxylation is 2. The average Bonchev–Trinajstić information content (AvgIpc) is 2.75. The van der Waals surface area contributed by atoms with Crippen LogP contribution in [-0.4, -0.2) is 37.5 Å². The summed E-state index contributed by atoms with van der Waals surface area (Å²) in [6.07, 6.45) is -0.469. The first-order chi connectivity index (χ1) is 10.7. The highest BCUT2D eigenvalue weighted by atomic mass is 19.3. The van der Waals surface area contributed by atoms with E-state index < -0.39 is 5.92 Å². The van der Waals surface area contributed by atoms with Crippen LogP contribution in [0.4, 0.5) is 14.6 Å². The molecule has 3 rings (SSSR count). The van der Waals surface area contributed by atoms with E-state index in [2.05, 4.69) is 20.4 Å². The molecule has 2 aromatic heterocycles. The summed E-state index contributed by atoms with van der Waals surface area (Å²) in [6.45, 7) is 5.09. The normalized spacial score (nSPS) is 16.9. The molecule has 0 aliphatic heterocycles. The molecule has 0 bridgehead atoms. The number of rotatable bonds is 4. The van der Waals surface area contributed by atoms with Gasteiger partial charge in [0.05, 0.1) is 5.69 Å². The van der Waals surface area contributed by atoms with E-state index in [0.29, 0.717) is 5.82 Å². The molecular formula is C15H17F2N5O. The van der Waals surface area contributed by atoms with Crippen LogP contribution in [-0.2, 0) is 0 Å². The summed E-state index contributed by atoms with van der Waals surface area (Å²) in [6, 6.07) is 2.99. The first-order valence-electron chi connectivity index (χ1n) is 7.31. The van der Waals surface area contributed by atoms with Crippen molar-refractivity contribution in [1.82, 2.24) is 19.7 Å². The molecule has 23 heavy (non-hydrogen) atoms. The third-order valence-corrected chi connectivity index (χ3v) is 3.72. The van der Waals surface area contributed by atoms with Gasteiger partial charge >= 0.3 is 0 Å². The van der Waals surface area contributed by atoms with E-state index in [0.717, 1.165) is 11.4 Å². The number of aromatic nitrogens is 4. The SMILES string of the molecule is CC(=O)c1cc(NC2CC(F)(F)C2)nc(-n2nc(C)cc2C)n1. The Morgan fingerprint density at radius 3 is 2.52 bits per heavy atom. The second-order valence-electron chi connectivity index (χ2n) is 5.94. The molecule has 0 aromatic carbocycles. The molecule has 0 saturated heterocycles. The number of hydrogen-bond donors (Lipinski definition) is 1. The molecule has 1 N–H and O–H groups in total. The van der Waals surface area contributed by atoms with Gasteiger partial charge in [-0.1, -0.05) is 0 Å². The Bertz CT molecular complexity index is 763. The Hall–Kier alpha value is -2.38. The molecule has 0 atom stereocenters. The van der Waals surface area contributed by atoms with E-state index in [-0.39, 0.29) is 36.3 Å². The van der Waals surface area contributed by atoms with Crippen LogP contribution in [0.5, 0.6) is 0 Å². The van der Waals surface area contributed by atoms with Gasteiger partial charge in [-0.05, 0) is 19.9 Å². The molecule has 1 aliphatic rings. The zero-order chi connectivity index (χ0) is 16.8. The maximum atomic E-state index is 13.0. The van der Waals surface area contributed by atoms with Crippen molar-refractivity contribution in [2.75, 3.05) is 5.32 Å². The highest BCUT2D eigenvalue weighted by molar-refractivity contribution is 5.92. The van der Waals surface area contributed by atoms with Gasteiger partial charge in [0.25, 0.3) is 11.9 Å². The van der Waals surface area contributed by atoms with E-state index >= 15 is 0 Å². The number of halogens is 2. The fourth-order valence-corrected chi connectivity index (χ4v) is 2.59. The summed E-state index contributed by atoms with van der Waals surface area (Å²) in [5.41, 5.74) is 1.84. The molecular weight excluding hydrogens is 304 g/mol. The highest BCUT2D eigenvalue weighted by Crippen LogP contribution is 2.38. The Morgan fingerprint density at radius 1 is 1.30 bits per heavy atom. The molecule has 2 aromatic rings. The van der Waals surface area contributed by atoms with Crippen LogP contribution >= 0.6 is 0 Å². The van der Waals surface area contributed by atoms with Gasteiger partial charge in [0.1, 0.15) is 11.5 Å². The molecule has 8 heteroatoms. The zero-order valence-electron chi connectivity index (χ0n) is 13.1. The van der Waals surface area contributed by atoms with Crippen LogP contribution in [0.15, 0.2) is 12.1 Å². The van der Waals surface area contributed by atoms with Gasteiger partial charge < -0.3 is 5.32 Å². The minimum absolute atomic E-state index is 0.219. The van der Waals surface area contributed by atoms with E-state index in [1.54, 1.807) is 0 Å². The summed E-state index contributed by atoms with van der Waals surface area (Å²) in [4.78, 5) is 20.2. The van der Waals surface area contributed by atoms with Crippen LogP contribution in [0.25, 0.3) is 5.95 Å². The third kappa shape index (κ3) is 3.20. The van der Waals surface area contributed by atoms with E-state index in [1.165, 1.54) is 17.7 Å². The van der Waals surface area contributed by atoms with Gasteiger partial charge in [-0.15, -0.1) is 0 Å². The lowest BCUT2D eigenvalue weighted by Gasteiger charge is -2.35. The molecule has 0 amide bonds. The number of nitrogens with zero attached hydrogens (tertiary/aromatic N) is 4. The predicted molar refractivity (Wildman–Crippen MR) is 80.2 cm³/mol. The number of ketones is 1. The number of alkyl halides is 2. The van der Waals surface area contributed by atoms with Crippen molar-refractivity contribution < 1.29 is 13.6 Å². The van der Waals surface area contributed by atoms with Crippen molar-refractivity contribution in [2.24, 2.45) is 0 Å². The molecule has 0 radical (unpaired) electrons. The summed E-state index contributed by atoms with van der Waals surface area (Å²) in [7, 11) is 0. The molecule has 1 aliphatic carbocycles. The van der Waals surface area contributed by atoms with Crippen molar-refractivity contribution in [3.8, 4) is 5.95 Å². The molecule has 1 saturated carbocycles. The van der Waals surface area contributed by atoms with Crippen molar-refractivity contribution in [3.05, 3.63) is 29.2 Å². The maximum absolute atomic E-state index is 13.0. The predicted octanol–water partition coefficient (Wildman–Crippen LogP) is 2.69. The van der Waals surface area contributed by atoms with Gasteiger partial charge in [-0.3, -0.25) is 4.79 Å². The largest absolute Gasteiger partial charge is 0.367 e. The zero-order valence-corrected chi connectivity index (χ0v) is 13.1. The monoisotopic (exact) mass is 321 g/mol. The van der Waals surface area contributed by atoms with Gasteiger partial charge in [0.2, 0.25) is 0 Å². The van der Waals surface area contributed by atoms with Crippen LogP contribution in [0, 0.1) is 13.8 Å². The van der Waals surface area contributed by atoms with Gasteiger partial charge in [0.15, 0.2) is 5.78 Å². The van der Waals surface area contributed by atoms with E-state index in [1.807, 2.05) is 19.9 Å². The van der Waals surface area contributed by atoms with Crippen molar-refractivity contribution in [3.63, 3.8) is 0 Å². The summed E-state index contributed by atoms with van der Waals surface area (Å²) >= 11 is 0. The first kappa shape index (κ1) is 15.5. The standard InChI is InChI=1S/C15H17F2N5O/c1-8-4-9(2)22(21-8)14-19-12(10(3)23)5-13(20-14)18-11-6-15(16,17)7-11/h4-5,11H,6-7H2,1-3H3,(H,18,19,20). The minimum Gasteiger partial charge on any atom is -0.367 e. The topological polar surface area (TPSA) is 72.7 Å². The van der Waals surface area contributed by atoms with Crippen molar-refractivity contribution >= 4 is 11.6 Å². The maximum Gasteiger partial charge on any atom is 0.253 e. The number of nitrogens with one attached hydrogen (secondary N) is 1. The third-order valence-electron chi connectivity index (χ3n) is 3.72. The second kappa shape index (κ2) is 5.36. The summed E-state index contributed by atoms with van der Waals surface area (Å²) in [5.74, 6) is -2.24. The average molecular weight is 321 g/mol. The Labute approximate surface area is 131 Å². The lowest BCUT2D eigenvalue weighted by atomic mass is 9.88. The minimum atomic E-state index is -2.62. The number of anilines is 1. The number of carbonyl (C=O) groups excluding carboxylic acids is 1. The smallest absolute Gasteiger partial charge is 0.253 e. The van der Waals surface area contributed by atoms with Gasteiger partial charge in [0, 0.05) is 37.6 Å². The van der Waals surface area contributed by atoms with Crippen LogP contribution in [0.2, 0.25) is 0 Å². The molecule has 2 heterocycles.